The second-order valence-electron chi connectivity index (χ2n) is 7.64. The van der Waals surface area contributed by atoms with E-state index in [0.29, 0.717) is 37.0 Å². The monoisotopic (exact) mass is 461 g/mol. The van der Waals surface area contributed by atoms with Crippen LogP contribution < -0.4 is 20.5 Å². The van der Waals surface area contributed by atoms with Crippen molar-refractivity contribution < 1.29 is 14.3 Å². The van der Waals surface area contributed by atoms with Gasteiger partial charge in [-0.15, -0.1) is 24.8 Å². The Labute approximate surface area is 193 Å². The number of ether oxygens (including phenoxy) is 2. The summed E-state index contributed by atoms with van der Waals surface area (Å²) in [4.78, 5) is 17.8. The highest BCUT2D eigenvalue weighted by molar-refractivity contribution is 6.07. The molecule has 0 spiro atoms. The summed E-state index contributed by atoms with van der Waals surface area (Å²) in [5.74, 6) is 1.84. The first-order valence-electron chi connectivity index (χ1n) is 10.0. The maximum atomic E-state index is 13.0. The zero-order chi connectivity index (χ0) is 19.8. The van der Waals surface area contributed by atoms with E-state index in [1.807, 2.05) is 48.5 Å². The number of halogens is 2. The van der Waals surface area contributed by atoms with Crippen LogP contribution in [-0.4, -0.2) is 36.7 Å². The first kappa shape index (κ1) is 23.1. The van der Waals surface area contributed by atoms with Crippen molar-refractivity contribution in [2.75, 3.05) is 19.8 Å². The van der Waals surface area contributed by atoms with Gasteiger partial charge in [-0.3, -0.25) is 4.79 Å². The average molecular weight is 462 g/mol. The number of hydrogen-bond acceptors (Lipinski definition) is 5. The molecule has 5 rings (SSSR count). The van der Waals surface area contributed by atoms with Gasteiger partial charge in [-0.05, 0) is 49.1 Å². The van der Waals surface area contributed by atoms with Crippen molar-refractivity contribution in [3.63, 3.8) is 0 Å². The molecule has 1 unspecified atom stereocenters. The lowest BCUT2D eigenvalue weighted by Crippen LogP contribution is -2.38. The standard InChI is InChI=1S/C23H23N3O3.2ClH/c24-18(14-5-6-14)13-25-23(27)17-12-20(26-19-4-2-1-3-16(17)19)15-7-8-21-22(11-15)29-10-9-28-21;;/h1-4,7-8,11-12,14,18H,5-6,9-10,13,24H2,(H,25,27);2*1H. The van der Waals surface area contributed by atoms with Gasteiger partial charge in [0.05, 0.1) is 16.8 Å². The molecular formula is C23H25Cl2N3O3. The molecule has 2 heterocycles. The summed E-state index contributed by atoms with van der Waals surface area (Å²) in [6.07, 6.45) is 2.31. The van der Waals surface area contributed by atoms with Gasteiger partial charge in [0.1, 0.15) is 13.2 Å². The number of amides is 1. The Bertz CT molecular complexity index is 1090. The predicted octanol–water partition coefficient (Wildman–Crippen LogP) is 3.98. The molecule has 8 heteroatoms. The number of para-hydroxylation sites is 1. The van der Waals surface area contributed by atoms with Crippen LogP contribution >= 0.6 is 24.8 Å². The zero-order valence-corrected chi connectivity index (χ0v) is 18.5. The number of aromatic nitrogens is 1. The van der Waals surface area contributed by atoms with Gasteiger partial charge >= 0.3 is 0 Å². The molecule has 1 aliphatic carbocycles. The number of fused-ring (bicyclic) bond motifs is 2. The minimum atomic E-state index is -0.126. The summed E-state index contributed by atoms with van der Waals surface area (Å²) in [5.41, 5.74) is 9.12. The Hall–Kier alpha value is -2.54. The topological polar surface area (TPSA) is 86.5 Å². The van der Waals surface area contributed by atoms with E-state index in [0.717, 1.165) is 40.8 Å². The van der Waals surface area contributed by atoms with E-state index >= 15 is 0 Å². The van der Waals surface area contributed by atoms with E-state index < -0.39 is 0 Å². The quantitative estimate of drug-likeness (QED) is 0.599. The third kappa shape index (κ3) is 4.87. The van der Waals surface area contributed by atoms with Gasteiger partial charge < -0.3 is 20.5 Å². The van der Waals surface area contributed by atoms with Gasteiger partial charge in [0, 0.05) is 23.5 Å². The number of benzene rings is 2. The molecule has 6 nitrogen and oxygen atoms in total. The molecule has 1 atom stereocenters. The maximum absolute atomic E-state index is 13.0. The van der Waals surface area contributed by atoms with Crippen LogP contribution in [0, 0.1) is 5.92 Å². The lowest BCUT2D eigenvalue weighted by atomic mass is 10.0. The van der Waals surface area contributed by atoms with Crippen LogP contribution in [0.25, 0.3) is 22.2 Å². The Morgan fingerprint density at radius 3 is 2.58 bits per heavy atom. The molecule has 1 aliphatic heterocycles. The highest BCUT2D eigenvalue weighted by atomic mass is 35.5. The fourth-order valence-electron chi connectivity index (χ4n) is 3.71. The predicted molar refractivity (Wildman–Crippen MR) is 126 cm³/mol. The van der Waals surface area contributed by atoms with E-state index in [1.165, 1.54) is 0 Å². The largest absolute Gasteiger partial charge is 0.486 e. The molecule has 3 aromatic rings. The molecule has 0 bridgehead atoms. The number of nitrogens with one attached hydrogen (secondary N) is 1. The van der Waals surface area contributed by atoms with Crippen molar-refractivity contribution >= 4 is 41.6 Å². The van der Waals surface area contributed by atoms with Crippen LogP contribution in [0.5, 0.6) is 11.5 Å². The second kappa shape index (κ2) is 9.73. The molecule has 164 valence electrons. The van der Waals surface area contributed by atoms with Crippen molar-refractivity contribution in [1.82, 2.24) is 10.3 Å². The summed E-state index contributed by atoms with van der Waals surface area (Å²) >= 11 is 0. The van der Waals surface area contributed by atoms with Gasteiger partial charge in [-0.2, -0.15) is 0 Å². The summed E-state index contributed by atoms with van der Waals surface area (Å²) in [7, 11) is 0. The summed E-state index contributed by atoms with van der Waals surface area (Å²) in [6, 6.07) is 15.3. The molecule has 1 amide bonds. The van der Waals surface area contributed by atoms with E-state index in [2.05, 4.69) is 5.32 Å². The Morgan fingerprint density at radius 2 is 1.81 bits per heavy atom. The van der Waals surface area contributed by atoms with Gasteiger partial charge in [-0.25, -0.2) is 4.98 Å². The maximum Gasteiger partial charge on any atom is 0.252 e. The number of rotatable bonds is 5. The van der Waals surface area contributed by atoms with Crippen molar-refractivity contribution in [2.45, 2.75) is 18.9 Å². The van der Waals surface area contributed by atoms with E-state index in [9.17, 15) is 4.79 Å². The second-order valence-corrected chi connectivity index (χ2v) is 7.64. The molecule has 2 aromatic carbocycles. The third-order valence-corrected chi connectivity index (χ3v) is 5.52. The van der Waals surface area contributed by atoms with Crippen LogP contribution in [0.2, 0.25) is 0 Å². The van der Waals surface area contributed by atoms with Crippen LogP contribution in [0.1, 0.15) is 23.2 Å². The molecule has 0 saturated heterocycles. The fourth-order valence-corrected chi connectivity index (χ4v) is 3.71. The van der Waals surface area contributed by atoms with Crippen LogP contribution in [0.15, 0.2) is 48.5 Å². The first-order chi connectivity index (χ1) is 14.2. The zero-order valence-electron chi connectivity index (χ0n) is 16.9. The van der Waals surface area contributed by atoms with Gasteiger partial charge in [0.25, 0.3) is 5.91 Å². The smallest absolute Gasteiger partial charge is 0.252 e. The SMILES string of the molecule is Cl.Cl.NC(CNC(=O)c1cc(-c2ccc3c(c2)OCCO3)nc2ccccc12)C1CC1. The summed E-state index contributed by atoms with van der Waals surface area (Å²) < 4.78 is 11.3. The summed E-state index contributed by atoms with van der Waals surface area (Å²) in [5, 5.41) is 3.83. The number of nitrogens with zero attached hydrogens (tertiary/aromatic N) is 1. The molecule has 1 aromatic heterocycles. The Kier molecular flexibility index (Phi) is 7.26. The number of nitrogens with two attached hydrogens (primary N) is 1. The van der Waals surface area contributed by atoms with Crippen LogP contribution in [-0.2, 0) is 0 Å². The number of hydrogen-bond donors (Lipinski definition) is 2. The third-order valence-electron chi connectivity index (χ3n) is 5.52. The lowest BCUT2D eigenvalue weighted by Gasteiger charge is -2.19. The molecule has 1 saturated carbocycles. The normalized spacial score (nSPS) is 15.4. The summed E-state index contributed by atoms with van der Waals surface area (Å²) in [6.45, 7) is 1.56. The van der Waals surface area contributed by atoms with Gasteiger partial charge in [-0.1, -0.05) is 18.2 Å². The van der Waals surface area contributed by atoms with Crippen molar-refractivity contribution in [1.29, 1.82) is 0 Å². The molecule has 3 N–H and O–H groups in total. The van der Waals surface area contributed by atoms with Crippen LogP contribution in [0.3, 0.4) is 0 Å². The van der Waals surface area contributed by atoms with E-state index in [-0.39, 0.29) is 36.8 Å². The Balaban J connectivity index is 0.00000136. The highest BCUT2D eigenvalue weighted by Crippen LogP contribution is 2.35. The lowest BCUT2D eigenvalue weighted by molar-refractivity contribution is 0.0952. The van der Waals surface area contributed by atoms with Gasteiger partial charge in [0.15, 0.2) is 11.5 Å². The molecule has 2 aliphatic rings. The molecule has 0 radical (unpaired) electrons. The first-order valence-corrected chi connectivity index (χ1v) is 10.0. The number of carbonyl (C=O) groups excluding carboxylic acids is 1. The number of carbonyl (C=O) groups is 1. The average Bonchev–Trinajstić information content (AvgIpc) is 3.61. The minimum Gasteiger partial charge on any atom is -0.486 e. The van der Waals surface area contributed by atoms with E-state index in [1.54, 1.807) is 0 Å². The van der Waals surface area contributed by atoms with Crippen molar-refractivity contribution in [2.24, 2.45) is 11.7 Å². The van der Waals surface area contributed by atoms with E-state index in [4.69, 9.17) is 20.2 Å². The van der Waals surface area contributed by atoms with Crippen LogP contribution in [0.4, 0.5) is 0 Å². The molecule has 1 fully saturated rings. The minimum absolute atomic E-state index is 0. The molecular weight excluding hydrogens is 437 g/mol. The van der Waals surface area contributed by atoms with Crippen molar-refractivity contribution in [3.05, 3.63) is 54.1 Å². The fraction of sp³-hybridized carbons (Fsp3) is 0.304. The molecule has 31 heavy (non-hydrogen) atoms. The number of pyridine rings is 1. The van der Waals surface area contributed by atoms with Crippen molar-refractivity contribution in [3.8, 4) is 22.8 Å². The Morgan fingerprint density at radius 1 is 1.06 bits per heavy atom. The van der Waals surface area contributed by atoms with Gasteiger partial charge in [0.2, 0.25) is 0 Å². The highest BCUT2D eigenvalue weighted by Gasteiger charge is 2.28.